The van der Waals surface area contributed by atoms with Gasteiger partial charge in [-0.05, 0) is 53.6 Å². The van der Waals surface area contributed by atoms with Gasteiger partial charge >= 0.3 is 5.97 Å². The number of carbonyl (C=O) groups is 2. The predicted octanol–water partition coefficient (Wildman–Crippen LogP) is 7.34. The molecular weight excluding hydrogens is 567 g/mol. The summed E-state index contributed by atoms with van der Waals surface area (Å²) in [4.78, 5) is 28.1. The second kappa shape index (κ2) is 15.3. The molecule has 0 aliphatic heterocycles. The van der Waals surface area contributed by atoms with Crippen LogP contribution in [0.15, 0.2) is 133 Å². The number of hydrogen-bond donors (Lipinski definition) is 1. The van der Waals surface area contributed by atoms with Crippen LogP contribution in [0.5, 0.6) is 5.75 Å². The van der Waals surface area contributed by atoms with Crippen molar-refractivity contribution in [2.24, 2.45) is 0 Å². The third kappa shape index (κ3) is 8.57. The summed E-state index contributed by atoms with van der Waals surface area (Å²) in [5, 5.41) is 3.24. The largest absolute Gasteiger partial charge is 0.492 e. The second-order valence-corrected chi connectivity index (χ2v) is 10.5. The van der Waals surface area contributed by atoms with Gasteiger partial charge in [0.15, 0.2) is 5.78 Å². The standard InChI is InChI=1S/C38H35FN2O4/c1-44-38(43)36(40-35-18-9-8-17-34(35)37(42)30-13-6-3-7-14-30)25-28-19-21-33(22-20-28)45-24-23-41(27-29-11-4-2-5-12-29)32-16-10-15-31(39)26-32/h2-22,26,36,40H,23-25,27H2,1H3/t36-/m0/s1. The summed E-state index contributed by atoms with van der Waals surface area (Å²) in [6, 6.07) is 39.6. The van der Waals surface area contributed by atoms with Crippen molar-refractivity contribution < 1.29 is 23.5 Å². The molecule has 0 saturated heterocycles. The van der Waals surface area contributed by atoms with Crippen molar-refractivity contribution in [2.75, 3.05) is 30.5 Å². The highest BCUT2D eigenvalue weighted by Gasteiger charge is 2.22. The molecule has 228 valence electrons. The van der Waals surface area contributed by atoms with E-state index in [2.05, 4.69) is 10.2 Å². The predicted molar refractivity (Wildman–Crippen MR) is 175 cm³/mol. The number of carbonyl (C=O) groups excluding carboxylic acids is 2. The maximum Gasteiger partial charge on any atom is 0.328 e. The average molecular weight is 603 g/mol. The van der Waals surface area contributed by atoms with Crippen molar-refractivity contribution in [1.29, 1.82) is 0 Å². The summed E-state index contributed by atoms with van der Waals surface area (Å²) in [7, 11) is 1.35. The average Bonchev–Trinajstić information content (AvgIpc) is 3.08. The fraction of sp³-hybridized carbons (Fsp3) is 0.158. The van der Waals surface area contributed by atoms with Gasteiger partial charge in [0, 0.05) is 35.5 Å². The SMILES string of the molecule is COC(=O)[C@H](Cc1ccc(OCCN(Cc2ccccc2)c2cccc(F)c2)cc1)Nc1ccccc1C(=O)c1ccccc1. The Labute approximate surface area is 263 Å². The number of ether oxygens (including phenoxy) is 2. The monoisotopic (exact) mass is 602 g/mol. The number of halogens is 1. The number of benzene rings is 5. The lowest BCUT2D eigenvalue weighted by Crippen LogP contribution is -2.33. The van der Waals surface area contributed by atoms with Crippen LogP contribution in [0.1, 0.15) is 27.0 Å². The number of nitrogens with zero attached hydrogens (tertiary/aromatic N) is 1. The molecular formula is C38H35FN2O4. The minimum absolute atomic E-state index is 0.136. The van der Waals surface area contributed by atoms with Crippen molar-refractivity contribution in [3.63, 3.8) is 0 Å². The number of rotatable bonds is 14. The van der Waals surface area contributed by atoms with E-state index >= 15 is 0 Å². The van der Waals surface area contributed by atoms with Crippen LogP contribution in [-0.2, 0) is 22.5 Å². The molecule has 0 bridgehead atoms. The fourth-order valence-electron chi connectivity index (χ4n) is 5.08. The van der Waals surface area contributed by atoms with Gasteiger partial charge in [0.2, 0.25) is 0 Å². The molecule has 0 aromatic heterocycles. The molecule has 1 N–H and O–H groups in total. The number of hydrogen-bond acceptors (Lipinski definition) is 6. The third-order valence-corrected chi connectivity index (χ3v) is 7.41. The number of ketones is 1. The molecule has 0 aliphatic rings. The Hall–Kier alpha value is -5.43. The quantitative estimate of drug-likeness (QED) is 0.106. The zero-order valence-corrected chi connectivity index (χ0v) is 25.1. The smallest absolute Gasteiger partial charge is 0.328 e. The zero-order chi connectivity index (χ0) is 31.4. The van der Waals surface area contributed by atoms with E-state index in [9.17, 15) is 14.0 Å². The van der Waals surface area contributed by atoms with Crippen molar-refractivity contribution in [3.05, 3.63) is 162 Å². The second-order valence-electron chi connectivity index (χ2n) is 10.5. The van der Waals surface area contributed by atoms with Crippen molar-refractivity contribution in [1.82, 2.24) is 0 Å². The molecule has 5 aromatic carbocycles. The summed E-state index contributed by atoms with van der Waals surface area (Å²) in [6.07, 6.45) is 0.339. The van der Waals surface area contributed by atoms with Gasteiger partial charge in [-0.1, -0.05) is 91.0 Å². The maximum absolute atomic E-state index is 14.0. The highest BCUT2D eigenvalue weighted by Crippen LogP contribution is 2.23. The Morgan fingerprint density at radius 1 is 0.778 bits per heavy atom. The van der Waals surface area contributed by atoms with Crippen LogP contribution < -0.4 is 15.0 Å². The summed E-state index contributed by atoms with van der Waals surface area (Å²) in [5.74, 6) is -0.177. The highest BCUT2D eigenvalue weighted by molar-refractivity contribution is 6.12. The first-order valence-corrected chi connectivity index (χ1v) is 14.8. The van der Waals surface area contributed by atoms with E-state index in [-0.39, 0.29) is 11.6 Å². The minimum Gasteiger partial charge on any atom is -0.492 e. The number of anilines is 2. The Balaban J connectivity index is 1.23. The minimum atomic E-state index is -0.718. The van der Waals surface area contributed by atoms with Gasteiger partial charge in [-0.25, -0.2) is 9.18 Å². The summed E-state index contributed by atoms with van der Waals surface area (Å²) in [6.45, 7) is 1.56. The Kier molecular flexibility index (Phi) is 10.6. The zero-order valence-electron chi connectivity index (χ0n) is 25.1. The molecule has 0 heterocycles. The summed E-state index contributed by atoms with van der Waals surface area (Å²) < 4.78 is 25.1. The molecule has 45 heavy (non-hydrogen) atoms. The first-order valence-electron chi connectivity index (χ1n) is 14.8. The van der Waals surface area contributed by atoms with Crippen LogP contribution in [0.25, 0.3) is 0 Å². The van der Waals surface area contributed by atoms with E-state index in [1.165, 1.54) is 19.2 Å². The molecule has 0 fully saturated rings. The number of methoxy groups -OCH3 is 1. The lowest BCUT2D eigenvalue weighted by atomic mass is 10.00. The van der Waals surface area contributed by atoms with Gasteiger partial charge < -0.3 is 19.7 Å². The molecule has 1 atom stereocenters. The van der Waals surface area contributed by atoms with Crippen LogP contribution in [-0.4, -0.2) is 38.1 Å². The summed E-state index contributed by atoms with van der Waals surface area (Å²) >= 11 is 0. The van der Waals surface area contributed by atoms with Crippen molar-refractivity contribution in [3.8, 4) is 5.75 Å². The Morgan fingerprint density at radius 3 is 2.18 bits per heavy atom. The Morgan fingerprint density at radius 2 is 1.47 bits per heavy atom. The van der Waals surface area contributed by atoms with Crippen LogP contribution in [0, 0.1) is 5.82 Å². The summed E-state index contributed by atoms with van der Waals surface area (Å²) in [5.41, 5.74) is 4.39. The maximum atomic E-state index is 14.0. The van der Waals surface area contributed by atoms with E-state index in [1.54, 1.807) is 36.4 Å². The molecule has 5 rings (SSSR count). The van der Waals surface area contributed by atoms with Gasteiger partial charge in [0.05, 0.1) is 13.7 Å². The molecule has 0 radical (unpaired) electrons. The highest BCUT2D eigenvalue weighted by atomic mass is 19.1. The van der Waals surface area contributed by atoms with Crippen LogP contribution in [0.4, 0.5) is 15.8 Å². The topological polar surface area (TPSA) is 67.9 Å². The molecule has 0 aliphatic carbocycles. The van der Waals surface area contributed by atoms with E-state index in [1.807, 2.05) is 84.9 Å². The normalized spacial score (nSPS) is 11.3. The molecule has 0 amide bonds. The Bertz CT molecular complexity index is 1690. The van der Waals surface area contributed by atoms with Crippen LogP contribution >= 0.6 is 0 Å². The third-order valence-electron chi connectivity index (χ3n) is 7.41. The molecule has 0 spiro atoms. The lowest BCUT2D eigenvalue weighted by Gasteiger charge is -2.25. The first-order chi connectivity index (χ1) is 22.0. The molecule has 0 unspecified atom stereocenters. The van der Waals surface area contributed by atoms with Crippen LogP contribution in [0.3, 0.4) is 0 Å². The number of para-hydroxylation sites is 1. The van der Waals surface area contributed by atoms with E-state index in [4.69, 9.17) is 9.47 Å². The molecule has 0 saturated carbocycles. The number of nitrogens with one attached hydrogen (secondary N) is 1. The van der Waals surface area contributed by atoms with Gasteiger partial charge in [-0.3, -0.25) is 4.79 Å². The van der Waals surface area contributed by atoms with Gasteiger partial charge in [-0.2, -0.15) is 0 Å². The first kappa shape index (κ1) is 31.0. The van der Waals surface area contributed by atoms with E-state index in [0.29, 0.717) is 48.7 Å². The molecule has 7 heteroatoms. The fourth-order valence-corrected chi connectivity index (χ4v) is 5.08. The molecule has 5 aromatic rings. The molecule has 6 nitrogen and oxygen atoms in total. The van der Waals surface area contributed by atoms with Gasteiger partial charge in [0.1, 0.15) is 24.2 Å². The van der Waals surface area contributed by atoms with Gasteiger partial charge in [-0.15, -0.1) is 0 Å². The van der Waals surface area contributed by atoms with Crippen molar-refractivity contribution >= 4 is 23.1 Å². The van der Waals surface area contributed by atoms with Gasteiger partial charge in [0.25, 0.3) is 0 Å². The van der Waals surface area contributed by atoms with Crippen LogP contribution in [0.2, 0.25) is 0 Å². The number of esters is 1. The van der Waals surface area contributed by atoms with E-state index < -0.39 is 12.0 Å². The van der Waals surface area contributed by atoms with Crippen molar-refractivity contribution in [2.45, 2.75) is 19.0 Å². The van der Waals surface area contributed by atoms with E-state index in [0.717, 1.165) is 16.8 Å². The lowest BCUT2D eigenvalue weighted by molar-refractivity contribution is -0.141.